The summed E-state index contributed by atoms with van der Waals surface area (Å²) < 4.78 is 5.17. The van der Waals surface area contributed by atoms with Crippen molar-refractivity contribution in [2.75, 3.05) is 11.9 Å². The van der Waals surface area contributed by atoms with Gasteiger partial charge in [0.1, 0.15) is 5.60 Å². The van der Waals surface area contributed by atoms with Crippen LogP contribution in [0.4, 0.5) is 11.5 Å². The molecule has 0 saturated heterocycles. The first-order chi connectivity index (χ1) is 11.6. The molecule has 9 heteroatoms. The highest BCUT2D eigenvalue weighted by atomic mass is 16.6. The summed E-state index contributed by atoms with van der Waals surface area (Å²) in [5, 5.41) is 13.8. The number of aromatic nitrogens is 1. The molecule has 3 N–H and O–H groups in total. The van der Waals surface area contributed by atoms with Gasteiger partial charge >= 0.3 is 11.7 Å². The molecule has 0 spiro atoms. The lowest BCUT2D eigenvalue weighted by molar-refractivity contribution is -0.384. The van der Waals surface area contributed by atoms with Gasteiger partial charge in [-0.05, 0) is 27.2 Å². The van der Waals surface area contributed by atoms with Crippen LogP contribution in [-0.2, 0) is 9.53 Å². The number of pyridine rings is 1. The molecule has 0 bridgehead atoms. The molecule has 0 aliphatic carbocycles. The molecule has 136 valence electrons. The number of rotatable bonds is 8. The number of amides is 1. The van der Waals surface area contributed by atoms with E-state index in [4.69, 9.17) is 10.5 Å². The van der Waals surface area contributed by atoms with Crippen LogP contribution in [0.15, 0.2) is 24.4 Å². The third-order valence-corrected chi connectivity index (χ3v) is 2.84. The highest BCUT2D eigenvalue weighted by Crippen LogP contribution is 2.22. The second-order valence-electron chi connectivity index (χ2n) is 6.19. The predicted octanol–water partition coefficient (Wildman–Crippen LogP) is 2.18. The average Bonchev–Trinajstić information content (AvgIpc) is 2.48. The number of nitrogens with zero attached hydrogens (tertiary/aromatic N) is 2. The van der Waals surface area contributed by atoms with Crippen LogP contribution in [0.3, 0.4) is 0 Å². The van der Waals surface area contributed by atoms with E-state index in [9.17, 15) is 19.7 Å². The monoisotopic (exact) mass is 350 g/mol. The molecule has 0 atom stereocenters. The Bertz CT molecular complexity index is 680. The Labute approximate surface area is 145 Å². The maximum atomic E-state index is 11.5. The van der Waals surface area contributed by atoms with Crippen LogP contribution in [0.2, 0.25) is 0 Å². The number of ether oxygens (including phenoxy) is 1. The van der Waals surface area contributed by atoms with Crippen molar-refractivity contribution in [3.05, 3.63) is 40.1 Å². The number of nitrogens with two attached hydrogens (primary N) is 1. The van der Waals surface area contributed by atoms with E-state index >= 15 is 0 Å². The van der Waals surface area contributed by atoms with Crippen LogP contribution in [0.5, 0.6) is 0 Å². The standard InChI is InChI=1S/C16H22N4O5/c1-16(2,3)25-13(21)7-5-4-6-8-18-15-12(20(23)24)9-11(10-19-15)14(17)22/h4,6,9-10H,5,7-8H2,1-3H3,(H2,17,22)(H,18,19)/b6-4+. The quantitative estimate of drug-likeness (QED) is 0.317. The molecular weight excluding hydrogens is 328 g/mol. The first kappa shape index (κ1) is 20.1. The van der Waals surface area contributed by atoms with Gasteiger partial charge in [0.05, 0.1) is 10.5 Å². The molecule has 25 heavy (non-hydrogen) atoms. The largest absolute Gasteiger partial charge is 0.460 e. The number of hydrogen-bond donors (Lipinski definition) is 2. The maximum Gasteiger partial charge on any atom is 0.312 e. The number of anilines is 1. The van der Waals surface area contributed by atoms with Crippen molar-refractivity contribution in [2.24, 2.45) is 5.73 Å². The van der Waals surface area contributed by atoms with Gasteiger partial charge in [0.25, 0.3) is 5.91 Å². The number of nitro groups is 1. The molecule has 0 fully saturated rings. The minimum atomic E-state index is -0.788. The van der Waals surface area contributed by atoms with E-state index < -0.39 is 16.4 Å². The number of nitrogens with one attached hydrogen (secondary N) is 1. The summed E-state index contributed by atoms with van der Waals surface area (Å²) in [5.74, 6) is -1.04. The summed E-state index contributed by atoms with van der Waals surface area (Å²) in [4.78, 5) is 36.8. The van der Waals surface area contributed by atoms with Gasteiger partial charge < -0.3 is 15.8 Å². The van der Waals surface area contributed by atoms with Crippen molar-refractivity contribution < 1.29 is 19.2 Å². The fraction of sp³-hybridized carbons (Fsp3) is 0.438. The van der Waals surface area contributed by atoms with E-state index in [0.29, 0.717) is 6.42 Å². The summed E-state index contributed by atoms with van der Waals surface area (Å²) in [5.41, 5.74) is 4.20. The lowest BCUT2D eigenvalue weighted by Crippen LogP contribution is -2.23. The predicted molar refractivity (Wildman–Crippen MR) is 92.1 cm³/mol. The molecule has 1 aromatic rings. The molecule has 0 unspecified atom stereocenters. The van der Waals surface area contributed by atoms with Crippen molar-refractivity contribution in [3.63, 3.8) is 0 Å². The average molecular weight is 350 g/mol. The van der Waals surface area contributed by atoms with E-state index in [1.165, 1.54) is 6.20 Å². The number of carbonyl (C=O) groups is 2. The summed E-state index contributed by atoms with van der Waals surface area (Å²) in [6.07, 6.45) is 5.40. The summed E-state index contributed by atoms with van der Waals surface area (Å²) in [6.45, 7) is 5.67. The second kappa shape index (κ2) is 8.76. The van der Waals surface area contributed by atoms with Crippen LogP contribution in [0.25, 0.3) is 0 Å². The topological polar surface area (TPSA) is 137 Å². The zero-order chi connectivity index (χ0) is 19.0. The van der Waals surface area contributed by atoms with Gasteiger partial charge in [-0.2, -0.15) is 0 Å². The Kier molecular flexibility index (Phi) is 7.04. The Morgan fingerprint density at radius 2 is 2.08 bits per heavy atom. The third-order valence-electron chi connectivity index (χ3n) is 2.84. The van der Waals surface area contributed by atoms with Gasteiger partial charge in [-0.1, -0.05) is 12.2 Å². The van der Waals surface area contributed by atoms with Gasteiger partial charge in [-0.25, -0.2) is 4.98 Å². The van der Waals surface area contributed by atoms with E-state index in [0.717, 1.165) is 6.07 Å². The first-order valence-electron chi connectivity index (χ1n) is 7.65. The first-order valence-corrected chi connectivity index (χ1v) is 7.65. The maximum absolute atomic E-state index is 11.5. The molecule has 0 aliphatic heterocycles. The Balaban J connectivity index is 2.52. The second-order valence-corrected chi connectivity index (χ2v) is 6.19. The van der Waals surface area contributed by atoms with Crippen molar-refractivity contribution >= 4 is 23.4 Å². The number of esters is 1. The molecule has 1 aromatic heterocycles. The zero-order valence-corrected chi connectivity index (χ0v) is 14.4. The Hall–Kier alpha value is -2.97. The zero-order valence-electron chi connectivity index (χ0n) is 14.4. The lowest BCUT2D eigenvalue weighted by atomic mass is 10.2. The minimum absolute atomic E-state index is 0.0341. The number of primary amides is 1. The molecule has 1 amide bonds. The normalized spacial score (nSPS) is 11.3. The fourth-order valence-corrected chi connectivity index (χ4v) is 1.81. The van der Waals surface area contributed by atoms with Crippen LogP contribution in [-0.4, -0.2) is 33.9 Å². The highest BCUT2D eigenvalue weighted by molar-refractivity contribution is 5.93. The van der Waals surface area contributed by atoms with Crippen molar-refractivity contribution in [1.82, 2.24) is 4.98 Å². The van der Waals surface area contributed by atoms with E-state index in [2.05, 4.69) is 10.3 Å². The third kappa shape index (κ3) is 7.42. The molecule has 9 nitrogen and oxygen atoms in total. The molecule has 1 rings (SSSR count). The fourth-order valence-electron chi connectivity index (χ4n) is 1.81. The van der Waals surface area contributed by atoms with Crippen LogP contribution in [0, 0.1) is 10.1 Å². The lowest BCUT2D eigenvalue weighted by Gasteiger charge is -2.19. The van der Waals surface area contributed by atoms with Crippen LogP contribution < -0.4 is 11.1 Å². The highest BCUT2D eigenvalue weighted by Gasteiger charge is 2.17. The SMILES string of the molecule is CC(C)(C)OC(=O)CC/C=C/CNc1ncc(C(N)=O)cc1[N+](=O)[O-]. The van der Waals surface area contributed by atoms with E-state index in [1.807, 2.05) is 0 Å². The number of hydrogen-bond acceptors (Lipinski definition) is 7. The molecule has 1 heterocycles. The molecule has 0 aliphatic rings. The molecule has 0 aromatic carbocycles. The summed E-state index contributed by atoms with van der Waals surface area (Å²) in [7, 11) is 0. The van der Waals surface area contributed by atoms with Gasteiger partial charge in [-0.3, -0.25) is 19.7 Å². The minimum Gasteiger partial charge on any atom is -0.460 e. The van der Waals surface area contributed by atoms with Gasteiger partial charge in [0, 0.05) is 25.2 Å². The summed E-state index contributed by atoms with van der Waals surface area (Å²) in [6, 6.07) is 1.07. The molecule has 0 radical (unpaired) electrons. The van der Waals surface area contributed by atoms with Crippen molar-refractivity contribution in [3.8, 4) is 0 Å². The van der Waals surface area contributed by atoms with Crippen molar-refractivity contribution in [1.29, 1.82) is 0 Å². The number of allylic oxidation sites excluding steroid dienone is 1. The Morgan fingerprint density at radius 3 is 2.64 bits per heavy atom. The van der Waals surface area contributed by atoms with Crippen molar-refractivity contribution in [2.45, 2.75) is 39.2 Å². The molecule has 0 saturated carbocycles. The Morgan fingerprint density at radius 1 is 1.40 bits per heavy atom. The van der Waals surface area contributed by atoms with Crippen LogP contribution in [0.1, 0.15) is 44.0 Å². The smallest absolute Gasteiger partial charge is 0.312 e. The number of carbonyl (C=O) groups excluding carboxylic acids is 2. The van der Waals surface area contributed by atoms with Gasteiger partial charge in [0.15, 0.2) is 0 Å². The van der Waals surface area contributed by atoms with Gasteiger partial charge in [-0.15, -0.1) is 0 Å². The van der Waals surface area contributed by atoms with E-state index in [1.54, 1.807) is 32.9 Å². The van der Waals surface area contributed by atoms with E-state index in [-0.39, 0.29) is 36.0 Å². The van der Waals surface area contributed by atoms with Gasteiger partial charge in [0.2, 0.25) is 5.82 Å². The van der Waals surface area contributed by atoms with Crippen LogP contribution >= 0.6 is 0 Å². The molecular formula is C16H22N4O5. The summed E-state index contributed by atoms with van der Waals surface area (Å²) >= 11 is 0.